The number of carbonyl (C=O) groups is 1. The molecule has 1 aliphatic rings. The molecule has 30 heavy (non-hydrogen) atoms. The van der Waals surface area contributed by atoms with Crippen LogP contribution in [0.25, 0.3) is 11.3 Å². The zero-order valence-corrected chi connectivity index (χ0v) is 17.4. The molecular formula is C19H19N5O4S2. The summed E-state index contributed by atoms with van der Waals surface area (Å²) in [5.41, 5.74) is 3.07. The zero-order chi connectivity index (χ0) is 21.1. The lowest BCUT2D eigenvalue weighted by atomic mass is 10.1. The molecule has 0 unspecified atom stereocenters. The number of nitrogens with zero attached hydrogens (tertiary/aromatic N) is 3. The number of hydrogen-bond acceptors (Lipinski definition) is 8. The molecule has 1 saturated heterocycles. The number of hydrogen-bond donors (Lipinski definition) is 2. The molecule has 0 aliphatic carbocycles. The number of primary sulfonamides is 1. The predicted molar refractivity (Wildman–Crippen MR) is 114 cm³/mol. The van der Waals surface area contributed by atoms with Crippen LogP contribution >= 0.6 is 11.5 Å². The van der Waals surface area contributed by atoms with Crippen molar-refractivity contribution < 1.29 is 17.9 Å². The van der Waals surface area contributed by atoms with E-state index in [0.717, 1.165) is 11.3 Å². The maximum Gasteiger partial charge on any atom is 0.257 e. The number of nitrogens with one attached hydrogen (secondary N) is 1. The molecule has 0 bridgehead atoms. The van der Waals surface area contributed by atoms with Crippen LogP contribution in [0.15, 0.2) is 52.7 Å². The fourth-order valence-electron chi connectivity index (χ4n) is 3.17. The molecule has 0 radical (unpaired) electrons. The maximum absolute atomic E-state index is 13.0. The van der Waals surface area contributed by atoms with Crippen LogP contribution in [0.4, 0.5) is 11.4 Å². The van der Waals surface area contributed by atoms with Gasteiger partial charge < -0.3 is 15.0 Å². The molecule has 1 amide bonds. The molecule has 1 fully saturated rings. The van der Waals surface area contributed by atoms with Crippen LogP contribution in [0.5, 0.6) is 0 Å². The summed E-state index contributed by atoms with van der Waals surface area (Å²) in [6.07, 6.45) is 0. The van der Waals surface area contributed by atoms with Gasteiger partial charge in [0.2, 0.25) is 10.0 Å². The summed E-state index contributed by atoms with van der Waals surface area (Å²) in [5, 5.41) is 13.9. The Balaban J connectivity index is 1.62. The molecule has 9 nitrogen and oxygen atoms in total. The average Bonchev–Trinajstić information content (AvgIpc) is 3.29. The van der Waals surface area contributed by atoms with Gasteiger partial charge in [-0.3, -0.25) is 4.79 Å². The number of aromatic nitrogens is 2. The minimum absolute atomic E-state index is 0.115. The average molecular weight is 446 g/mol. The highest BCUT2D eigenvalue weighted by molar-refractivity contribution is 7.89. The predicted octanol–water partition coefficient (Wildman–Crippen LogP) is 1.94. The van der Waals surface area contributed by atoms with E-state index >= 15 is 0 Å². The Morgan fingerprint density at radius 3 is 2.50 bits per heavy atom. The highest BCUT2D eigenvalue weighted by Crippen LogP contribution is 2.26. The van der Waals surface area contributed by atoms with Crippen LogP contribution in [0.3, 0.4) is 0 Å². The van der Waals surface area contributed by atoms with Gasteiger partial charge in [0, 0.05) is 35.4 Å². The molecular weight excluding hydrogens is 426 g/mol. The smallest absolute Gasteiger partial charge is 0.257 e. The summed E-state index contributed by atoms with van der Waals surface area (Å²) in [7, 11) is -3.94. The highest BCUT2D eigenvalue weighted by Gasteiger charge is 2.22. The number of anilines is 2. The molecule has 1 aromatic heterocycles. The lowest BCUT2D eigenvalue weighted by molar-refractivity contribution is 0.102. The molecule has 2 aromatic carbocycles. The summed E-state index contributed by atoms with van der Waals surface area (Å²) in [6, 6.07) is 11.5. The lowest BCUT2D eigenvalue weighted by Gasteiger charge is -2.30. The molecule has 1 aliphatic heterocycles. The summed E-state index contributed by atoms with van der Waals surface area (Å²) in [5.74, 6) is -0.426. The van der Waals surface area contributed by atoms with Gasteiger partial charge in [-0.05, 0) is 41.9 Å². The van der Waals surface area contributed by atoms with Crippen molar-refractivity contribution in [3.63, 3.8) is 0 Å². The van der Waals surface area contributed by atoms with Crippen molar-refractivity contribution >= 4 is 38.8 Å². The van der Waals surface area contributed by atoms with Crippen molar-refractivity contribution in [1.82, 2.24) is 9.59 Å². The molecule has 4 rings (SSSR count). The van der Waals surface area contributed by atoms with E-state index in [2.05, 4.69) is 14.9 Å². The fourth-order valence-corrected chi connectivity index (χ4v) is 4.17. The topological polar surface area (TPSA) is 128 Å². The van der Waals surface area contributed by atoms with Crippen molar-refractivity contribution in [2.75, 3.05) is 36.5 Å². The van der Waals surface area contributed by atoms with Gasteiger partial charge in [0.1, 0.15) is 5.69 Å². The minimum atomic E-state index is -3.94. The number of morpholine rings is 1. The highest BCUT2D eigenvalue weighted by atomic mass is 32.2. The Kier molecular flexibility index (Phi) is 5.77. The molecule has 11 heteroatoms. The number of ether oxygens (including phenoxy) is 1. The molecule has 3 N–H and O–H groups in total. The first-order valence-corrected chi connectivity index (χ1v) is 11.5. The van der Waals surface area contributed by atoms with Crippen molar-refractivity contribution in [3.05, 3.63) is 53.4 Å². The van der Waals surface area contributed by atoms with Crippen LogP contribution in [-0.2, 0) is 14.8 Å². The number of benzene rings is 2. The Hall–Kier alpha value is -2.86. The van der Waals surface area contributed by atoms with E-state index in [9.17, 15) is 13.2 Å². The molecule has 0 spiro atoms. The van der Waals surface area contributed by atoms with Crippen molar-refractivity contribution in [2.45, 2.75) is 4.90 Å². The van der Waals surface area contributed by atoms with Gasteiger partial charge in [0.05, 0.1) is 23.7 Å². The third-order valence-corrected chi connectivity index (χ3v) is 6.11. The standard InChI is InChI=1S/C19H19N5O4S2/c20-30(26,27)15-5-6-18(24-7-9-28-10-8-24)16(11-15)19(25)21-14-3-1-13(2-4-14)17-12-29-23-22-17/h1-6,11-12H,7-10H2,(H,21,25)(H2,20,26,27). The largest absolute Gasteiger partial charge is 0.378 e. The Labute approximate surface area is 177 Å². The van der Waals surface area contributed by atoms with E-state index in [1.807, 2.05) is 22.4 Å². The molecule has 3 aromatic rings. The monoisotopic (exact) mass is 445 g/mol. The Morgan fingerprint density at radius 2 is 1.87 bits per heavy atom. The number of sulfonamides is 1. The second-order valence-corrected chi connectivity index (χ2v) is 8.82. The summed E-state index contributed by atoms with van der Waals surface area (Å²) in [6.45, 7) is 2.27. The molecule has 0 saturated carbocycles. The van der Waals surface area contributed by atoms with Gasteiger partial charge in [0.25, 0.3) is 5.91 Å². The number of amides is 1. The van der Waals surface area contributed by atoms with E-state index < -0.39 is 15.9 Å². The summed E-state index contributed by atoms with van der Waals surface area (Å²) >= 11 is 1.26. The van der Waals surface area contributed by atoms with Crippen molar-refractivity contribution in [1.29, 1.82) is 0 Å². The van der Waals surface area contributed by atoms with E-state index in [4.69, 9.17) is 9.88 Å². The maximum atomic E-state index is 13.0. The summed E-state index contributed by atoms with van der Waals surface area (Å²) in [4.78, 5) is 14.9. The normalized spacial score (nSPS) is 14.5. The van der Waals surface area contributed by atoms with Crippen molar-refractivity contribution in [3.8, 4) is 11.3 Å². The Morgan fingerprint density at radius 1 is 1.13 bits per heavy atom. The fraction of sp³-hybridized carbons (Fsp3) is 0.211. The van der Waals surface area contributed by atoms with E-state index in [0.29, 0.717) is 37.7 Å². The number of nitrogens with two attached hydrogens (primary N) is 1. The number of carbonyl (C=O) groups excluding carboxylic acids is 1. The first-order chi connectivity index (χ1) is 14.4. The molecule has 2 heterocycles. The van der Waals surface area contributed by atoms with Gasteiger partial charge in [-0.2, -0.15) is 0 Å². The SMILES string of the molecule is NS(=O)(=O)c1ccc(N2CCOCC2)c(C(=O)Nc2ccc(-c3csnn3)cc2)c1. The van der Waals surface area contributed by atoms with Gasteiger partial charge in [-0.25, -0.2) is 13.6 Å². The zero-order valence-electron chi connectivity index (χ0n) is 15.8. The van der Waals surface area contributed by atoms with Gasteiger partial charge in [-0.1, -0.05) is 16.6 Å². The molecule has 0 atom stereocenters. The van der Waals surface area contributed by atoms with Crippen molar-refractivity contribution in [2.24, 2.45) is 5.14 Å². The van der Waals surface area contributed by atoms with Crippen LogP contribution in [0.2, 0.25) is 0 Å². The summed E-state index contributed by atoms with van der Waals surface area (Å²) < 4.78 is 32.8. The van der Waals surface area contributed by atoms with E-state index in [1.165, 1.54) is 23.7 Å². The van der Waals surface area contributed by atoms with Crippen LogP contribution < -0.4 is 15.4 Å². The van der Waals surface area contributed by atoms with Crippen LogP contribution in [0, 0.1) is 0 Å². The second-order valence-electron chi connectivity index (χ2n) is 6.65. The van der Waals surface area contributed by atoms with E-state index in [-0.39, 0.29) is 10.5 Å². The third kappa shape index (κ3) is 4.49. The van der Waals surface area contributed by atoms with Gasteiger partial charge in [-0.15, -0.1) is 5.10 Å². The minimum Gasteiger partial charge on any atom is -0.378 e. The van der Waals surface area contributed by atoms with Crippen LogP contribution in [-0.4, -0.2) is 50.2 Å². The first kappa shape index (κ1) is 20.4. The number of rotatable bonds is 5. The first-order valence-electron chi connectivity index (χ1n) is 9.10. The van der Waals surface area contributed by atoms with Crippen LogP contribution in [0.1, 0.15) is 10.4 Å². The Bertz CT molecular complexity index is 1140. The third-order valence-electron chi connectivity index (χ3n) is 4.69. The second kappa shape index (κ2) is 8.48. The van der Waals surface area contributed by atoms with Gasteiger partial charge >= 0.3 is 0 Å². The molecule has 156 valence electrons. The quantitative estimate of drug-likeness (QED) is 0.614. The lowest BCUT2D eigenvalue weighted by Crippen LogP contribution is -2.37. The van der Waals surface area contributed by atoms with Gasteiger partial charge in [0.15, 0.2) is 0 Å². The van der Waals surface area contributed by atoms with E-state index in [1.54, 1.807) is 18.2 Å².